The van der Waals surface area contributed by atoms with E-state index in [1.54, 1.807) is 24.3 Å². The van der Waals surface area contributed by atoms with E-state index in [1.165, 1.54) is 11.5 Å². The molecule has 0 saturated carbocycles. The molecule has 1 N–H and O–H groups in total. The zero-order valence-corrected chi connectivity index (χ0v) is 13.4. The monoisotopic (exact) mass is 320 g/mol. The number of rotatable bonds is 6. The molecule has 23 heavy (non-hydrogen) atoms. The molecule has 0 bridgehead atoms. The number of benzene rings is 1. The fourth-order valence-corrected chi connectivity index (χ4v) is 2.14. The van der Waals surface area contributed by atoms with Crippen molar-refractivity contribution in [1.82, 2.24) is 9.88 Å². The summed E-state index contributed by atoms with van der Waals surface area (Å²) in [6, 6.07) is 6.94. The maximum absolute atomic E-state index is 11.8. The molecule has 1 amide bonds. The summed E-state index contributed by atoms with van der Waals surface area (Å²) in [5.74, 6) is -1.42. The molecule has 7 nitrogen and oxygen atoms in total. The Hall–Kier alpha value is -2.57. The van der Waals surface area contributed by atoms with Crippen LogP contribution in [0.25, 0.3) is 11.1 Å². The van der Waals surface area contributed by atoms with E-state index in [1.807, 2.05) is 13.8 Å². The van der Waals surface area contributed by atoms with Gasteiger partial charge in [-0.25, -0.2) is 4.79 Å². The Balaban J connectivity index is 1.95. The second-order valence-corrected chi connectivity index (χ2v) is 5.53. The zero-order chi connectivity index (χ0) is 17.0. The fourth-order valence-electron chi connectivity index (χ4n) is 2.14. The second kappa shape index (κ2) is 7.13. The van der Waals surface area contributed by atoms with Crippen molar-refractivity contribution in [2.75, 3.05) is 0 Å². The van der Waals surface area contributed by atoms with Crippen LogP contribution in [0.4, 0.5) is 0 Å². The minimum Gasteiger partial charge on any atom is -0.452 e. The van der Waals surface area contributed by atoms with Crippen molar-refractivity contribution >= 4 is 23.0 Å². The highest BCUT2D eigenvalue weighted by Gasteiger charge is 2.19. The van der Waals surface area contributed by atoms with Crippen LogP contribution in [0.5, 0.6) is 0 Å². The molecule has 0 aliphatic rings. The molecule has 0 spiro atoms. The molecule has 0 aliphatic heterocycles. The van der Waals surface area contributed by atoms with E-state index in [4.69, 9.17) is 9.15 Å². The highest BCUT2D eigenvalue weighted by Crippen LogP contribution is 2.12. The van der Waals surface area contributed by atoms with Gasteiger partial charge in [-0.2, -0.15) is 0 Å². The van der Waals surface area contributed by atoms with Crippen LogP contribution in [0.1, 0.15) is 27.2 Å². The number of aromatic nitrogens is 1. The number of carbonyl (C=O) groups excluding carboxylic acids is 2. The van der Waals surface area contributed by atoms with E-state index in [2.05, 4.69) is 5.32 Å². The van der Waals surface area contributed by atoms with Crippen molar-refractivity contribution < 1.29 is 18.7 Å². The summed E-state index contributed by atoms with van der Waals surface area (Å²) in [4.78, 5) is 35.3. The summed E-state index contributed by atoms with van der Waals surface area (Å²) in [6.07, 6.45) is -0.898. The minimum atomic E-state index is -0.872. The van der Waals surface area contributed by atoms with Gasteiger partial charge in [0.25, 0.3) is 5.91 Å². The van der Waals surface area contributed by atoms with Crippen molar-refractivity contribution in [1.29, 1.82) is 0 Å². The molecule has 2 rings (SSSR count). The molecule has 1 heterocycles. The Bertz CT molecular complexity index is 759. The molecule has 0 radical (unpaired) electrons. The van der Waals surface area contributed by atoms with E-state index in [0.717, 1.165) is 0 Å². The topological polar surface area (TPSA) is 90.5 Å². The van der Waals surface area contributed by atoms with Crippen molar-refractivity contribution in [2.45, 2.75) is 45.9 Å². The van der Waals surface area contributed by atoms with E-state index in [0.29, 0.717) is 11.1 Å². The first kappa shape index (κ1) is 16.8. The lowest BCUT2D eigenvalue weighted by atomic mass is 10.3. The summed E-state index contributed by atoms with van der Waals surface area (Å²) < 4.78 is 11.5. The Morgan fingerprint density at radius 3 is 2.65 bits per heavy atom. The number of nitrogens with one attached hydrogen (secondary N) is 1. The summed E-state index contributed by atoms with van der Waals surface area (Å²) in [5.41, 5.74) is 1.09. The van der Waals surface area contributed by atoms with E-state index in [-0.39, 0.29) is 24.9 Å². The molecule has 124 valence electrons. The first-order valence-electron chi connectivity index (χ1n) is 7.46. The average molecular weight is 320 g/mol. The third kappa shape index (κ3) is 4.21. The van der Waals surface area contributed by atoms with Crippen LogP contribution in [0, 0.1) is 0 Å². The first-order chi connectivity index (χ1) is 10.9. The van der Waals surface area contributed by atoms with Gasteiger partial charge in [0.2, 0.25) is 0 Å². The predicted molar refractivity (Wildman–Crippen MR) is 83.9 cm³/mol. The van der Waals surface area contributed by atoms with Gasteiger partial charge in [-0.15, -0.1) is 0 Å². The summed E-state index contributed by atoms with van der Waals surface area (Å²) in [5, 5.41) is 2.66. The van der Waals surface area contributed by atoms with Crippen LogP contribution in [0.2, 0.25) is 0 Å². The average Bonchev–Trinajstić information content (AvgIpc) is 2.79. The lowest BCUT2D eigenvalue weighted by Gasteiger charge is -2.15. The largest absolute Gasteiger partial charge is 0.452 e. The minimum absolute atomic E-state index is 0.0251. The summed E-state index contributed by atoms with van der Waals surface area (Å²) in [6.45, 7) is 5.29. The predicted octanol–water partition coefficient (Wildman–Crippen LogP) is 1.44. The number of fused-ring (bicyclic) bond motifs is 1. The zero-order valence-electron chi connectivity index (χ0n) is 13.4. The van der Waals surface area contributed by atoms with Gasteiger partial charge >= 0.3 is 11.7 Å². The Labute approximate surface area is 133 Å². The number of hydrogen-bond acceptors (Lipinski definition) is 5. The molecule has 0 fully saturated rings. The number of aryl methyl sites for hydroxylation is 1. The van der Waals surface area contributed by atoms with E-state index < -0.39 is 17.8 Å². The SMILES string of the molecule is CC(C)NC(=O)[C@@H](C)OC(=O)CCn1c(=O)oc2ccccc21. The molecule has 1 aromatic heterocycles. The van der Waals surface area contributed by atoms with Crippen molar-refractivity contribution in [3.8, 4) is 0 Å². The van der Waals surface area contributed by atoms with Gasteiger partial charge in [-0.1, -0.05) is 12.1 Å². The maximum Gasteiger partial charge on any atom is 0.419 e. The standard InChI is InChI=1S/C16H20N2O5/c1-10(2)17-15(20)11(3)22-14(19)8-9-18-12-6-4-5-7-13(12)23-16(18)21/h4-7,10-11H,8-9H2,1-3H3,(H,17,20)/t11-/m1/s1. The Kier molecular flexibility index (Phi) is 5.20. The number of nitrogens with zero attached hydrogens (tertiary/aromatic N) is 1. The van der Waals surface area contributed by atoms with Gasteiger partial charge in [0.1, 0.15) is 0 Å². The lowest BCUT2D eigenvalue weighted by Crippen LogP contribution is -2.39. The van der Waals surface area contributed by atoms with Gasteiger partial charge in [-0.3, -0.25) is 14.2 Å². The first-order valence-corrected chi connectivity index (χ1v) is 7.46. The molecule has 0 aliphatic carbocycles. The van der Waals surface area contributed by atoms with Crippen LogP contribution < -0.4 is 11.1 Å². The molecular formula is C16H20N2O5. The van der Waals surface area contributed by atoms with Crippen LogP contribution in [-0.2, 0) is 20.9 Å². The van der Waals surface area contributed by atoms with Gasteiger partial charge < -0.3 is 14.5 Å². The van der Waals surface area contributed by atoms with E-state index >= 15 is 0 Å². The molecule has 1 aromatic carbocycles. The molecule has 0 saturated heterocycles. The number of oxazole rings is 1. The smallest absolute Gasteiger partial charge is 0.419 e. The van der Waals surface area contributed by atoms with Crippen molar-refractivity contribution in [3.63, 3.8) is 0 Å². The quantitative estimate of drug-likeness (QED) is 0.813. The number of amides is 1. The number of esters is 1. The molecule has 7 heteroatoms. The molecule has 2 aromatic rings. The van der Waals surface area contributed by atoms with Crippen molar-refractivity contribution in [3.05, 3.63) is 34.8 Å². The number of hydrogen-bond donors (Lipinski definition) is 1. The number of para-hydroxylation sites is 2. The summed E-state index contributed by atoms with van der Waals surface area (Å²) in [7, 11) is 0. The Morgan fingerprint density at radius 2 is 1.96 bits per heavy atom. The second-order valence-electron chi connectivity index (χ2n) is 5.53. The van der Waals surface area contributed by atoms with Crippen LogP contribution in [0.15, 0.2) is 33.5 Å². The third-order valence-corrected chi connectivity index (χ3v) is 3.22. The number of ether oxygens (including phenoxy) is 1. The fraction of sp³-hybridized carbons (Fsp3) is 0.438. The molecular weight excluding hydrogens is 300 g/mol. The lowest BCUT2D eigenvalue weighted by molar-refractivity contribution is -0.155. The van der Waals surface area contributed by atoms with Crippen LogP contribution in [0.3, 0.4) is 0 Å². The normalized spacial score (nSPS) is 12.3. The maximum atomic E-state index is 11.8. The van der Waals surface area contributed by atoms with Gasteiger partial charge in [-0.05, 0) is 32.9 Å². The Morgan fingerprint density at radius 1 is 1.26 bits per heavy atom. The van der Waals surface area contributed by atoms with Crippen molar-refractivity contribution in [2.24, 2.45) is 0 Å². The van der Waals surface area contributed by atoms with Crippen LogP contribution >= 0.6 is 0 Å². The van der Waals surface area contributed by atoms with E-state index in [9.17, 15) is 14.4 Å². The highest BCUT2D eigenvalue weighted by atomic mass is 16.5. The van der Waals surface area contributed by atoms with Crippen LogP contribution in [-0.4, -0.2) is 28.6 Å². The molecule has 1 atom stereocenters. The summed E-state index contributed by atoms with van der Waals surface area (Å²) >= 11 is 0. The number of carbonyl (C=O) groups is 2. The van der Waals surface area contributed by atoms with Gasteiger partial charge in [0, 0.05) is 12.6 Å². The third-order valence-electron chi connectivity index (χ3n) is 3.22. The molecule has 0 unspecified atom stereocenters. The van der Waals surface area contributed by atoms with Gasteiger partial charge in [0.15, 0.2) is 11.7 Å². The highest BCUT2D eigenvalue weighted by molar-refractivity contribution is 5.83. The van der Waals surface area contributed by atoms with Gasteiger partial charge in [0.05, 0.1) is 11.9 Å².